The van der Waals surface area contributed by atoms with Crippen LogP contribution in [0.5, 0.6) is 0 Å². The molecule has 1 heterocycles. The molecule has 1 aromatic heterocycles. The lowest BCUT2D eigenvalue weighted by molar-refractivity contribution is 0.174. The monoisotopic (exact) mass is 238 g/mol. The molecular formula is C12H15ClN2O. The number of aryl methyl sites for hydroxylation is 1. The first-order chi connectivity index (χ1) is 7.61. The number of hydrogen-bond acceptors (Lipinski definition) is 2. The Kier molecular flexibility index (Phi) is 3.17. The second kappa shape index (κ2) is 4.44. The third-order valence-corrected chi connectivity index (χ3v) is 2.79. The van der Waals surface area contributed by atoms with Crippen molar-refractivity contribution in [1.29, 1.82) is 0 Å². The third kappa shape index (κ3) is 2.06. The van der Waals surface area contributed by atoms with Gasteiger partial charge in [0.1, 0.15) is 5.82 Å². The van der Waals surface area contributed by atoms with Crippen LogP contribution in [0, 0.1) is 0 Å². The summed E-state index contributed by atoms with van der Waals surface area (Å²) in [6.45, 7) is 4.39. The second-order valence-corrected chi connectivity index (χ2v) is 4.41. The van der Waals surface area contributed by atoms with Gasteiger partial charge in [0.2, 0.25) is 0 Å². The molecule has 16 heavy (non-hydrogen) atoms. The van der Waals surface area contributed by atoms with Gasteiger partial charge in [-0.15, -0.1) is 0 Å². The van der Waals surface area contributed by atoms with Crippen molar-refractivity contribution < 1.29 is 5.11 Å². The largest absolute Gasteiger partial charge is 0.392 e. The van der Waals surface area contributed by atoms with Crippen molar-refractivity contribution in [3.8, 4) is 0 Å². The van der Waals surface area contributed by atoms with Crippen LogP contribution in [-0.4, -0.2) is 20.8 Å². The molecule has 1 atom stereocenters. The first kappa shape index (κ1) is 11.4. The summed E-state index contributed by atoms with van der Waals surface area (Å²) in [4.78, 5) is 4.52. The van der Waals surface area contributed by atoms with E-state index in [1.807, 2.05) is 22.8 Å². The van der Waals surface area contributed by atoms with Crippen molar-refractivity contribution in [3.05, 3.63) is 29.0 Å². The van der Waals surface area contributed by atoms with Crippen LogP contribution in [0.3, 0.4) is 0 Å². The van der Waals surface area contributed by atoms with Crippen molar-refractivity contribution in [2.45, 2.75) is 32.9 Å². The van der Waals surface area contributed by atoms with Crippen molar-refractivity contribution in [3.63, 3.8) is 0 Å². The molecule has 0 bridgehead atoms. The minimum absolute atomic E-state index is 0.387. The minimum atomic E-state index is -0.387. The van der Waals surface area contributed by atoms with Crippen LogP contribution < -0.4 is 0 Å². The molecule has 0 saturated carbocycles. The summed E-state index contributed by atoms with van der Waals surface area (Å²) in [7, 11) is 0. The molecule has 0 fully saturated rings. The maximum Gasteiger partial charge on any atom is 0.109 e. The standard InChI is InChI=1S/C12H15ClN2O/c1-3-12-14-10-5-4-9(13)6-11(10)15(12)7-8(2)16/h4-6,8,16H,3,7H2,1-2H3. The van der Waals surface area contributed by atoms with Gasteiger partial charge in [-0.1, -0.05) is 18.5 Å². The highest BCUT2D eigenvalue weighted by Gasteiger charge is 2.11. The number of rotatable bonds is 3. The van der Waals surface area contributed by atoms with Gasteiger partial charge in [0.25, 0.3) is 0 Å². The Morgan fingerprint density at radius 1 is 1.50 bits per heavy atom. The van der Waals surface area contributed by atoms with Gasteiger partial charge in [-0.25, -0.2) is 4.98 Å². The zero-order valence-electron chi connectivity index (χ0n) is 9.44. The lowest BCUT2D eigenvalue weighted by Gasteiger charge is -2.10. The third-order valence-electron chi connectivity index (χ3n) is 2.55. The van der Waals surface area contributed by atoms with E-state index >= 15 is 0 Å². The predicted molar refractivity (Wildman–Crippen MR) is 65.8 cm³/mol. The van der Waals surface area contributed by atoms with Crippen LogP contribution in [0.4, 0.5) is 0 Å². The Bertz CT molecular complexity index is 505. The molecule has 0 aliphatic heterocycles. The van der Waals surface area contributed by atoms with E-state index in [4.69, 9.17) is 11.6 Å². The van der Waals surface area contributed by atoms with E-state index in [-0.39, 0.29) is 6.10 Å². The van der Waals surface area contributed by atoms with Crippen LogP contribution in [0.1, 0.15) is 19.7 Å². The van der Waals surface area contributed by atoms with E-state index in [9.17, 15) is 5.11 Å². The molecule has 1 aromatic carbocycles. The molecule has 0 radical (unpaired) electrons. The summed E-state index contributed by atoms with van der Waals surface area (Å²) < 4.78 is 2.03. The Balaban J connectivity index is 2.60. The summed E-state index contributed by atoms with van der Waals surface area (Å²) in [6.07, 6.45) is 0.459. The van der Waals surface area contributed by atoms with Crippen LogP contribution >= 0.6 is 11.6 Å². The van der Waals surface area contributed by atoms with Gasteiger partial charge >= 0.3 is 0 Å². The summed E-state index contributed by atoms with van der Waals surface area (Å²) >= 11 is 5.98. The molecule has 4 heteroatoms. The lowest BCUT2D eigenvalue weighted by Crippen LogP contribution is -2.13. The number of fused-ring (bicyclic) bond motifs is 1. The maximum absolute atomic E-state index is 9.49. The SMILES string of the molecule is CCc1nc2ccc(Cl)cc2n1CC(C)O. The van der Waals surface area contributed by atoms with Gasteiger partial charge in [0.05, 0.1) is 23.7 Å². The predicted octanol–water partition coefficient (Wildman–Crippen LogP) is 2.63. The van der Waals surface area contributed by atoms with Gasteiger partial charge in [0, 0.05) is 11.4 Å². The average Bonchev–Trinajstić information content (AvgIpc) is 2.56. The number of halogens is 1. The molecule has 3 nitrogen and oxygen atoms in total. The number of benzene rings is 1. The molecule has 86 valence electrons. The van der Waals surface area contributed by atoms with E-state index in [1.54, 1.807) is 6.92 Å². The minimum Gasteiger partial charge on any atom is -0.392 e. The topological polar surface area (TPSA) is 38.0 Å². The fourth-order valence-electron chi connectivity index (χ4n) is 1.88. The number of nitrogens with zero attached hydrogens (tertiary/aromatic N) is 2. The number of imidazole rings is 1. The first-order valence-corrected chi connectivity index (χ1v) is 5.82. The highest BCUT2D eigenvalue weighted by atomic mass is 35.5. The summed E-state index contributed by atoms with van der Waals surface area (Å²) in [5.74, 6) is 0.984. The van der Waals surface area contributed by atoms with Crippen molar-refractivity contribution in [2.24, 2.45) is 0 Å². The fourth-order valence-corrected chi connectivity index (χ4v) is 2.05. The average molecular weight is 239 g/mol. The summed E-state index contributed by atoms with van der Waals surface area (Å²) in [5, 5.41) is 10.2. The van der Waals surface area contributed by atoms with E-state index in [0.717, 1.165) is 23.3 Å². The van der Waals surface area contributed by atoms with E-state index in [1.165, 1.54) is 0 Å². The first-order valence-electron chi connectivity index (χ1n) is 5.44. The Morgan fingerprint density at radius 3 is 2.88 bits per heavy atom. The van der Waals surface area contributed by atoms with Gasteiger partial charge < -0.3 is 9.67 Å². The van der Waals surface area contributed by atoms with Crippen molar-refractivity contribution in [1.82, 2.24) is 9.55 Å². The van der Waals surface area contributed by atoms with Crippen molar-refractivity contribution >= 4 is 22.6 Å². The molecule has 0 amide bonds. The number of aliphatic hydroxyl groups excluding tert-OH is 1. The van der Waals surface area contributed by atoms with Crippen LogP contribution in [0.2, 0.25) is 5.02 Å². The Morgan fingerprint density at radius 2 is 2.25 bits per heavy atom. The maximum atomic E-state index is 9.49. The Hall–Kier alpha value is -1.06. The molecule has 1 N–H and O–H groups in total. The highest BCUT2D eigenvalue weighted by Crippen LogP contribution is 2.21. The Labute approximate surface area is 99.7 Å². The molecule has 2 rings (SSSR count). The summed E-state index contributed by atoms with van der Waals surface area (Å²) in [6, 6.07) is 5.64. The second-order valence-electron chi connectivity index (χ2n) is 3.97. The zero-order chi connectivity index (χ0) is 11.7. The zero-order valence-corrected chi connectivity index (χ0v) is 10.2. The molecule has 0 spiro atoms. The highest BCUT2D eigenvalue weighted by molar-refractivity contribution is 6.31. The van der Waals surface area contributed by atoms with Crippen molar-refractivity contribution in [2.75, 3.05) is 0 Å². The fraction of sp³-hybridized carbons (Fsp3) is 0.417. The van der Waals surface area contributed by atoms with E-state index < -0.39 is 0 Å². The summed E-state index contributed by atoms with van der Waals surface area (Å²) in [5.41, 5.74) is 1.92. The van der Waals surface area contributed by atoms with Crippen LogP contribution in [-0.2, 0) is 13.0 Å². The smallest absolute Gasteiger partial charge is 0.109 e. The lowest BCUT2D eigenvalue weighted by atomic mass is 10.3. The molecule has 1 unspecified atom stereocenters. The van der Waals surface area contributed by atoms with Crippen LogP contribution in [0.15, 0.2) is 18.2 Å². The van der Waals surface area contributed by atoms with E-state index in [2.05, 4.69) is 11.9 Å². The number of hydrogen-bond donors (Lipinski definition) is 1. The van der Waals surface area contributed by atoms with Crippen LogP contribution in [0.25, 0.3) is 11.0 Å². The van der Waals surface area contributed by atoms with Gasteiger partial charge in [0.15, 0.2) is 0 Å². The van der Waals surface area contributed by atoms with E-state index in [0.29, 0.717) is 11.6 Å². The molecule has 0 saturated heterocycles. The number of aliphatic hydroxyl groups is 1. The number of aromatic nitrogens is 2. The van der Waals surface area contributed by atoms with Gasteiger partial charge in [-0.3, -0.25) is 0 Å². The van der Waals surface area contributed by atoms with Gasteiger partial charge in [-0.2, -0.15) is 0 Å². The molecule has 0 aliphatic rings. The van der Waals surface area contributed by atoms with Gasteiger partial charge in [-0.05, 0) is 25.1 Å². The molecular weight excluding hydrogens is 224 g/mol. The normalized spacial score (nSPS) is 13.2. The molecule has 0 aliphatic carbocycles. The quantitative estimate of drug-likeness (QED) is 0.893. The molecule has 2 aromatic rings.